The third-order valence-electron chi connectivity index (χ3n) is 3.07. The van der Waals surface area contributed by atoms with E-state index < -0.39 is 5.91 Å². The highest BCUT2D eigenvalue weighted by Gasteiger charge is 2.29. The number of benzene rings is 1. The molecule has 1 aromatic rings. The van der Waals surface area contributed by atoms with Gasteiger partial charge in [-0.3, -0.25) is 9.59 Å². The van der Waals surface area contributed by atoms with E-state index in [2.05, 4.69) is 0 Å². The van der Waals surface area contributed by atoms with Crippen LogP contribution in [0.3, 0.4) is 0 Å². The van der Waals surface area contributed by atoms with Crippen molar-refractivity contribution < 1.29 is 14.3 Å². The summed E-state index contributed by atoms with van der Waals surface area (Å²) in [5.74, 6) is -0.638. The summed E-state index contributed by atoms with van der Waals surface area (Å²) in [5.41, 5.74) is 6.03. The monoisotopic (exact) mass is 316 g/mol. The van der Waals surface area contributed by atoms with Crippen LogP contribution in [0.15, 0.2) is 18.2 Å². The molecule has 2 N–H and O–H groups in total. The molecule has 0 radical (unpaired) electrons. The second-order valence-corrected chi connectivity index (χ2v) is 5.42. The molecule has 0 aromatic heterocycles. The molecule has 108 valence electrons. The highest BCUT2D eigenvalue weighted by molar-refractivity contribution is 6.42. The number of carbonyl (C=O) groups is 2. The number of rotatable bonds is 4. The molecule has 1 fully saturated rings. The second-order valence-electron chi connectivity index (χ2n) is 4.61. The largest absolute Gasteiger partial charge is 0.370 e. The Morgan fingerprint density at radius 1 is 1.40 bits per heavy atom. The fourth-order valence-corrected chi connectivity index (χ4v) is 2.43. The van der Waals surface area contributed by atoms with Gasteiger partial charge in [0.25, 0.3) is 0 Å². The maximum absolute atomic E-state index is 11.9. The Kier molecular flexibility index (Phi) is 4.86. The predicted molar refractivity (Wildman–Crippen MR) is 75.4 cm³/mol. The molecule has 5 nitrogen and oxygen atoms in total. The van der Waals surface area contributed by atoms with Crippen molar-refractivity contribution in [2.24, 2.45) is 5.73 Å². The van der Waals surface area contributed by atoms with Gasteiger partial charge in [-0.25, -0.2) is 0 Å². The Morgan fingerprint density at radius 2 is 2.15 bits per heavy atom. The van der Waals surface area contributed by atoms with Crippen molar-refractivity contribution in [1.82, 2.24) is 4.90 Å². The zero-order chi connectivity index (χ0) is 14.7. The van der Waals surface area contributed by atoms with E-state index in [0.717, 1.165) is 5.56 Å². The first-order chi connectivity index (χ1) is 9.47. The normalized spacial score (nSPS) is 19.2. The van der Waals surface area contributed by atoms with Crippen LogP contribution in [0, 0.1) is 0 Å². The molecule has 0 saturated carbocycles. The Balaban J connectivity index is 2.15. The first kappa shape index (κ1) is 15.1. The molecule has 2 rings (SSSR count). The Labute approximate surface area is 126 Å². The summed E-state index contributed by atoms with van der Waals surface area (Å²) in [6.45, 7) is 0.656. The lowest BCUT2D eigenvalue weighted by atomic mass is 10.1. The van der Waals surface area contributed by atoms with Gasteiger partial charge in [0.15, 0.2) is 0 Å². The van der Waals surface area contributed by atoms with E-state index in [1.165, 1.54) is 0 Å². The number of morpholine rings is 1. The van der Waals surface area contributed by atoms with E-state index in [1.807, 2.05) is 0 Å². The average Bonchev–Trinajstić information content (AvgIpc) is 2.37. The van der Waals surface area contributed by atoms with Crippen molar-refractivity contribution in [3.05, 3.63) is 33.8 Å². The fourth-order valence-electron chi connectivity index (χ4n) is 2.11. The predicted octanol–water partition coefficient (Wildman–Crippen LogP) is 1.60. The summed E-state index contributed by atoms with van der Waals surface area (Å²) in [6, 6.07) is 4.82. The van der Waals surface area contributed by atoms with Crippen LogP contribution in [0.4, 0.5) is 0 Å². The summed E-state index contributed by atoms with van der Waals surface area (Å²) < 4.78 is 5.16. The topological polar surface area (TPSA) is 72.6 Å². The summed E-state index contributed by atoms with van der Waals surface area (Å²) in [7, 11) is 0. The van der Waals surface area contributed by atoms with Gasteiger partial charge in [-0.2, -0.15) is 0 Å². The van der Waals surface area contributed by atoms with Gasteiger partial charge in [0, 0.05) is 13.0 Å². The van der Waals surface area contributed by atoms with Crippen LogP contribution in [0.5, 0.6) is 0 Å². The lowest BCUT2D eigenvalue weighted by molar-refractivity contribution is -0.150. The highest BCUT2D eigenvalue weighted by Crippen LogP contribution is 2.24. The molecule has 0 spiro atoms. The van der Waals surface area contributed by atoms with Crippen molar-refractivity contribution in [2.75, 3.05) is 13.2 Å². The lowest BCUT2D eigenvalue weighted by Gasteiger charge is -2.35. The van der Waals surface area contributed by atoms with Gasteiger partial charge in [0.2, 0.25) is 11.8 Å². The molecule has 2 amide bonds. The maximum Gasteiger partial charge on any atom is 0.249 e. The maximum atomic E-state index is 11.9. The van der Waals surface area contributed by atoms with Crippen molar-refractivity contribution in [1.29, 1.82) is 0 Å². The minimum absolute atomic E-state index is 0.0105. The molecule has 0 aliphatic carbocycles. The van der Waals surface area contributed by atoms with E-state index in [4.69, 9.17) is 33.7 Å². The molecular formula is C13H14Cl2N2O3. The standard InChI is InChI=1S/C13H14Cl2N2O3/c14-10-2-1-8(3-11(10)15)5-17-9(4-12(16)18)6-20-7-13(17)19/h1-3,9H,4-7H2,(H2,16,18). The van der Waals surface area contributed by atoms with Crippen LogP contribution in [0.25, 0.3) is 0 Å². The Bertz CT molecular complexity index is 536. The SMILES string of the molecule is NC(=O)CC1COCC(=O)N1Cc1ccc(Cl)c(Cl)c1. The number of hydrogen-bond donors (Lipinski definition) is 1. The van der Waals surface area contributed by atoms with Crippen LogP contribution < -0.4 is 5.73 Å². The molecule has 1 atom stereocenters. The first-order valence-corrected chi connectivity index (χ1v) is 6.82. The van der Waals surface area contributed by atoms with Gasteiger partial charge >= 0.3 is 0 Å². The fraction of sp³-hybridized carbons (Fsp3) is 0.385. The third kappa shape index (κ3) is 3.62. The molecular weight excluding hydrogens is 303 g/mol. The molecule has 20 heavy (non-hydrogen) atoms. The minimum atomic E-state index is -0.465. The van der Waals surface area contributed by atoms with Gasteiger partial charge in [0.05, 0.1) is 22.7 Å². The molecule has 1 unspecified atom stereocenters. The van der Waals surface area contributed by atoms with E-state index >= 15 is 0 Å². The molecule has 0 bridgehead atoms. The Hall–Kier alpha value is -1.30. The average molecular weight is 317 g/mol. The number of nitrogens with zero attached hydrogens (tertiary/aromatic N) is 1. The zero-order valence-electron chi connectivity index (χ0n) is 10.6. The summed E-state index contributed by atoms with van der Waals surface area (Å²) >= 11 is 11.8. The number of carbonyl (C=O) groups excluding carboxylic acids is 2. The zero-order valence-corrected chi connectivity index (χ0v) is 12.2. The van der Waals surface area contributed by atoms with Gasteiger partial charge in [0.1, 0.15) is 6.61 Å². The van der Waals surface area contributed by atoms with Gasteiger partial charge in [-0.15, -0.1) is 0 Å². The quantitative estimate of drug-likeness (QED) is 0.917. The number of amides is 2. The van der Waals surface area contributed by atoms with Gasteiger partial charge in [-0.05, 0) is 17.7 Å². The van der Waals surface area contributed by atoms with E-state index in [9.17, 15) is 9.59 Å². The number of primary amides is 1. The van der Waals surface area contributed by atoms with Gasteiger partial charge in [-0.1, -0.05) is 29.3 Å². The minimum Gasteiger partial charge on any atom is -0.370 e. The van der Waals surface area contributed by atoms with Crippen molar-refractivity contribution >= 4 is 35.0 Å². The molecule has 1 aromatic carbocycles. The highest BCUT2D eigenvalue weighted by atomic mass is 35.5. The molecule has 1 saturated heterocycles. The van der Waals surface area contributed by atoms with Crippen LogP contribution in [0.1, 0.15) is 12.0 Å². The van der Waals surface area contributed by atoms with E-state index in [0.29, 0.717) is 23.2 Å². The number of ether oxygens (including phenoxy) is 1. The Morgan fingerprint density at radius 3 is 2.80 bits per heavy atom. The summed E-state index contributed by atoms with van der Waals surface area (Å²) in [5, 5.41) is 0.883. The van der Waals surface area contributed by atoms with E-state index in [-0.39, 0.29) is 25.0 Å². The van der Waals surface area contributed by atoms with Crippen molar-refractivity contribution in [3.63, 3.8) is 0 Å². The molecule has 7 heteroatoms. The van der Waals surface area contributed by atoms with Crippen molar-refractivity contribution in [2.45, 2.75) is 19.0 Å². The van der Waals surface area contributed by atoms with Crippen LogP contribution >= 0.6 is 23.2 Å². The molecule has 1 heterocycles. The van der Waals surface area contributed by atoms with Crippen LogP contribution in [-0.2, 0) is 20.9 Å². The number of hydrogen-bond acceptors (Lipinski definition) is 3. The summed E-state index contributed by atoms with van der Waals surface area (Å²) in [6.07, 6.45) is 0.0765. The first-order valence-electron chi connectivity index (χ1n) is 6.07. The second kappa shape index (κ2) is 6.43. The summed E-state index contributed by atoms with van der Waals surface area (Å²) in [4.78, 5) is 24.6. The molecule has 1 aliphatic heterocycles. The smallest absolute Gasteiger partial charge is 0.249 e. The van der Waals surface area contributed by atoms with Crippen LogP contribution in [0.2, 0.25) is 10.0 Å². The lowest BCUT2D eigenvalue weighted by Crippen LogP contribution is -2.50. The number of halogens is 2. The van der Waals surface area contributed by atoms with Gasteiger partial charge < -0.3 is 15.4 Å². The van der Waals surface area contributed by atoms with Crippen LogP contribution in [-0.4, -0.2) is 36.0 Å². The van der Waals surface area contributed by atoms with Crippen molar-refractivity contribution in [3.8, 4) is 0 Å². The number of nitrogens with two attached hydrogens (primary N) is 1. The van der Waals surface area contributed by atoms with E-state index in [1.54, 1.807) is 23.1 Å². The molecule has 1 aliphatic rings. The third-order valence-corrected chi connectivity index (χ3v) is 3.81.